The maximum Gasteiger partial charge on any atom is 0.313 e. The van der Waals surface area contributed by atoms with Gasteiger partial charge in [0.2, 0.25) is 0 Å². The van der Waals surface area contributed by atoms with Crippen LogP contribution in [0.5, 0.6) is 0 Å². The molecule has 10 heteroatoms. The molecular formula is C13H7N9Na. The topological polar surface area (TPSA) is 151 Å². The van der Waals surface area contributed by atoms with Crippen LogP contribution in [0.1, 0.15) is 0 Å². The molecule has 23 heavy (non-hydrogen) atoms. The summed E-state index contributed by atoms with van der Waals surface area (Å²) in [6.07, 6.45) is 10.5. The van der Waals surface area contributed by atoms with Crippen molar-refractivity contribution in [3.63, 3.8) is 0 Å². The average Bonchev–Trinajstić information content (AvgIpc) is 2.61. The summed E-state index contributed by atoms with van der Waals surface area (Å²) in [6, 6.07) is 5.65. The van der Waals surface area contributed by atoms with Crippen LogP contribution >= 0.6 is 0 Å². The van der Waals surface area contributed by atoms with Crippen molar-refractivity contribution in [2.24, 2.45) is 0 Å². The van der Waals surface area contributed by atoms with Crippen molar-refractivity contribution in [1.29, 1.82) is 26.3 Å². The molecule has 1 atom stereocenters. The van der Waals surface area contributed by atoms with E-state index in [4.69, 9.17) is 26.3 Å². The fourth-order valence-corrected chi connectivity index (χ4v) is 1.51. The van der Waals surface area contributed by atoms with E-state index in [1.807, 2.05) is 0 Å². The summed E-state index contributed by atoms with van der Waals surface area (Å²) >= 11 is 0. The summed E-state index contributed by atoms with van der Waals surface area (Å²) in [5.41, 5.74) is -2.08. The Labute approximate surface area is 154 Å². The molecule has 0 saturated heterocycles. The maximum absolute atomic E-state index is 8.96. The van der Waals surface area contributed by atoms with E-state index in [0.717, 1.165) is 11.1 Å². The van der Waals surface area contributed by atoms with E-state index >= 15 is 0 Å². The fourth-order valence-electron chi connectivity index (χ4n) is 1.51. The molecule has 1 radical (unpaired) electrons. The number of nitrogens with zero attached hydrogens (tertiary/aromatic N) is 9. The van der Waals surface area contributed by atoms with Gasteiger partial charge in [-0.1, -0.05) is 0 Å². The van der Waals surface area contributed by atoms with E-state index in [0.29, 0.717) is 4.90 Å². The third-order valence-corrected chi connectivity index (χ3v) is 2.53. The van der Waals surface area contributed by atoms with Gasteiger partial charge in [-0.2, -0.15) is 26.3 Å². The van der Waals surface area contributed by atoms with Gasteiger partial charge in [-0.25, -0.2) is 19.8 Å². The van der Waals surface area contributed by atoms with Crippen LogP contribution in [0.15, 0.2) is 37.1 Å². The molecule has 2 rings (SSSR count). The van der Waals surface area contributed by atoms with Crippen molar-refractivity contribution in [3.05, 3.63) is 37.1 Å². The van der Waals surface area contributed by atoms with Gasteiger partial charge in [0.15, 0.2) is 18.4 Å². The smallest absolute Gasteiger partial charge is 0.245 e. The van der Waals surface area contributed by atoms with Crippen molar-refractivity contribution in [1.82, 2.24) is 19.8 Å². The summed E-state index contributed by atoms with van der Waals surface area (Å²) in [7, 11) is 0. The predicted octanol–water partition coefficient (Wildman–Crippen LogP) is -0.189. The summed E-state index contributed by atoms with van der Waals surface area (Å²) in [4.78, 5) is 8.75. The van der Waals surface area contributed by atoms with Crippen LogP contribution in [-0.4, -0.2) is 61.0 Å². The van der Waals surface area contributed by atoms with Crippen LogP contribution in [0, 0.1) is 56.9 Å². The number of rotatable bonds is 0. The third-order valence-electron chi connectivity index (χ3n) is 2.53. The number of hydrogen-bond donors (Lipinski definition) is 0. The van der Waals surface area contributed by atoms with E-state index in [9.17, 15) is 0 Å². The minimum Gasteiger partial charge on any atom is -0.245 e. The third kappa shape index (κ3) is 4.17. The van der Waals surface area contributed by atoms with Crippen molar-refractivity contribution in [2.45, 2.75) is 11.7 Å². The molecule has 1 unspecified atom stereocenters. The second-order valence-electron chi connectivity index (χ2n) is 3.66. The van der Waals surface area contributed by atoms with E-state index in [2.05, 4.69) is 9.97 Å². The van der Waals surface area contributed by atoms with Gasteiger partial charge in [-0.3, -0.25) is 0 Å². The van der Waals surface area contributed by atoms with Crippen LogP contribution < -0.4 is 0 Å². The van der Waals surface area contributed by atoms with Gasteiger partial charge < -0.3 is 0 Å². The van der Waals surface area contributed by atoms with Crippen molar-refractivity contribution in [2.75, 3.05) is 0 Å². The average molecular weight is 312 g/mol. The first-order valence-electron chi connectivity index (χ1n) is 5.68. The van der Waals surface area contributed by atoms with E-state index < -0.39 is 11.7 Å². The normalized spacial score (nSPS) is 16.6. The molecule has 0 aromatic carbocycles. The Kier molecular flexibility index (Phi) is 8.42. The minimum absolute atomic E-state index is 0. The SMILES string of the molecule is N#CC1C=CN(C#N)C(C#N)(C#N)N1C#N.[Na].c1cncnc1. The van der Waals surface area contributed by atoms with Crippen molar-refractivity contribution < 1.29 is 0 Å². The molecule has 1 aromatic heterocycles. The molecule has 1 aliphatic rings. The number of aromatic nitrogens is 2. The Morgan fingerprint density at radius 3 is 1.87 bits per heavy atom. The molecule has 105 valence electrons. The van der Waals surface area contributed by atoms with Gasteiger partial charge >= 0.3 is 5.66 Å². The predicted molar refractivity (Wildman–Crippen MR) is 75.2 cm³/mol. The monoisotopic (exact) mass is 312 g/mol. The van der Waals surface area contributed by atoms with Gasteiger partial charge in [0.25, 0.3) is 0 Å². The Morgan fingerprint density at radius 2 is 1.57 bits per heavy atom. The molecule has 0 saturated carbocycles. The summed E-state index contributed by atoms with van der Waals surface area (Å²) in [6.45, 7) is 0. The Morgan fingerprint density at radius 1 is 0.957 bits per heavy atom. The minimum atomic E-state index is -2.08. The number of nitriles is 5. The van der Waals surface area contributed by atoms with Crippen LogP contribution in [0.25, 0.3) is 0 Å². The van der Waals surface area contributed by atoms with Gasteiger partial charge in [-0.15, -0.1) is 0 Å². The van der Waals surface area contributed by atoms with Gasteiger partial charge in [0.1, 0.15) is 18.5 Å². The summed E-state index contributed by atoms with van der Waals surface area (Å²) in [5.74, 6) is 0. The zero-order valence-corrected chi connectivity index (χ0v) is 14.1. The van der Waals surface area contributed by atoms with E-state index in [1.54, 1.807) is 49.1 Å². The van der Waals surface area contributed by atoms with Crippen LogP contribution in [-0.2, 0) is 0 Å². The fraction of sp³-hybridized carbons (Fsp3) is 0.154. The molecule has 0 bridgehead atoms. The molecular weight excluding hydrogens is 305 g/mol. The van der Waals surface area contributed by atoms with Gasteiger partial charge in [0, 0.05) is 48.2 Å². The molecule has 2 heterocycles. The summed E-state index contributed by atoms with van der Waals surface area (Å²) < 4.78 is 0. The Hall–Kier alpha value is -3.13. The maximum atomic E-state index is 8.96. The second-order valence-corrected chi connectivity index (χ2v) is 3.66. The summed E-state index contributed by atoms with van der Waals surface area (Å²) in [5, 5.41) is 44.3. The first kappa shape index (κ1) is 19.9. The molecule has 0 fully saturated rings. The molecule has 1 aromatic rings. The Bertz CT molecular complexity index is 701. The molecule has 0 aliphatic carbocycles. The standard InChI is InChI=1S/C9H3N7.C4H4N2.Na/c10-3-8-1-2-15(6-13)9(4-11,5-12)16(8)7-14;1-2-5-4-6-3-1;/h1-2,8H;1-4H;. The quantitative estimate of drug-likeness (QED) is 0.468. The molecule has 0 amide bonds. The van der Waals surface area contributed by atoms with Crippen LogP contribution in [0.4, 0.5) is 0 Å². The molecule has 0 N–H and O–H groups in total. The number of hydrogen-bond acceptors (Lipinski definition) is 9. The van der Waals surface area contributed by atoms with Crippen LogP contribution in [0.2, 0.25) is 0 Å². The Balaban J connectivity index is 0.000000581. The largest absolute Gasteiger partial charge is 0.313 e. The van der Waals surface area contributed by atoms with Crippen LogP contribution in [0.3, 0.4) is 0 Å². The van der Waals surface area contributed by atoms with E-state index in [1.165, 1.54) is 12.4 Å². The second kappa shape index (κ2) is 9.74. The van der Waals surface area contributed by atoms with Crippen molar-refractivity contribution >= 4 is 29.6 Å². The first-order chi connectivity index (χ1) is 10.7. The van der Waals surface area contributed by atoms with Gasteiger partial charge in [0.05, 0.1) is 6.07 Å². The van der Waals surface area contributed by atoms with E-state index in [-0.39, 0.29) is 29.6 Å². The molecule has 1 aliphatic heterocycles. The molecule has 9 nitrogen and oxygen atoms in total. The van der Waals surface area contributed by atoms with Crippen molar-refractivity contribution in [3.8, 4) is 30.6 Å². The molecule has 0 spiro atoms. The first-order valence-corrected chi connectivity index (χ1v) is 5.68. The zero-order chi connectivity index (χ0) is 16.4. The zero-order valence-electron chi connectivity index (χ0n) is 12.1. The van der Waals surface area contributed by atoms with Gasteiger partial charge in [-0.05, 0) is 12.1 Å².